The zero-order chi connectivity index (χ0) is 28.6. The highest BCUT2D eigenvalue weighted by Gasteiger charge is 2.37. The van der Waals surface area contributed by atoms with Crippen LogP contribution in [0.15, 0.2) is 40.4 Å². The van der Waals surface area contributed by atoms with E-state index in [1.54, 1.807) is 18.2 Å². The van der Waals surface area contributed by atoms with Crippen LogP contribution < -0.4 is 10.2 Å². The Morgan fingerprint density at radius 2 is 1.80 bits per heavy atom. The first kappa shape index (κ1) is 27.8. The fourth-order valence-electron chi connectivity index (χ4n) is 5.93. The molecule has 1 saturated heterocycles. The second-order valence-corrected chi connectivity index (χ2v) is 12.0. The van der Waals surface area contributed by atoms with Crippen molar-refractivity contribution in [3.8, 4) is 0 Å². The summed E-state index contributed by atoms with van der Waals surface area (Å²) >= 11 is 1.32. The van der Waals surface area contributed by atoms with Crippen LogP contribution in [-0.4, -0.2) is 80.8 Å². The van der Waals surface area contributed by atoms with Crippen LogP contribution in [0, 0.1) is 6.92 Å². The van der Waals surface area contributed by atoms with E-state index in [4.69, 9.17) is 9.97 Å². The van der Waals surface area contributed by atoms with Gasteiger partial charge in [0.2, 0.25) is 0 Å². The number of carbonyl (C=O) groups excluding carboxylic acids is 1. The molecule has 2 aromatic heterocycles. The van der Waals surface area contributed by atoms with Gasteiger partial charge in [0.25, 0.3) is 5.91 Å². The van der Waals surface area contributed by atoms with Crippen molar-refractivity contribution in [3.05, 3.63) is 47.2 Å². The molecule has 3 aromatic rings. The van der Waals surface area contributed by atoms with Crippen molar-refractivity contribution >= 4 is 35.1 Å². The third-order valence-corrected chi connectivity index (χ3v) is 8.77. The number of H-pyrrole nitrogens is 1. The number of aryl methyl sites for hydroxylation is 1. The van der Waals surface area contributed by atoms with E-state index in [2.05, 4.69) is 25.3 Å². The van der Waals surface area contributed by atoms with Crippen LogP contribution in [0.25, 0.3) is 0 Å². The molecule has 41 heavy (non-hydrogen) atoms. The zero-order valence-corrected chi connectivity index (χ0v) is 23.7. The average Bonchev–Trinajstić information content (AvgIpc) is 3.49. The first-order valence-corrected chi connectivity index (χ1v) is 14.9. The van der Waals surface area contributed by atoms with E-state index < -0.39 is 18.6 Å². The average molecular weight is 587 g/mol. The summed E-state index contributed by atoms with van der Waals surface area (Å²) in [6.07, 6.45) is 2.10. The summed E-state index contributed by atoms with van der Waals surface area (Å²) in [6, 6.07) is 9.60. The molecule has 1 aliphatic carbocycles. The summed E-state index contributed by atoms with van der Waals surface area (Å²) in [5, 5.41) is 11.0. The minimum absolute atomic E-state index is 0.0699. The number of piperazine rings is 1. The first-order valence-electron chi connectivity index (χ1n) is 14.0. The van der Waals surface area contributed by atoms with Gasteiger partial charge in [-0.15, -0.1) is 0 Å². The van der Waals surface area contributed by atoms with Crippen molar-refractivity contribution < 1.29 is 18.0 Å². The van der Waals surface area contributed by atoms with Crippen LogP contribution in [0.5, 0.6) is 0 Å². The number of nitrogens with one attached hydrogen (secondary N) is 2. The number of aromatic amines is 1. The highest BCUT2D eigenvalue weighted by molar-refractivity contribution is 7.99. The maximum absolute atomic E-state index is 12.9. The zero-order valence-electron chi connectivity index (χ0n) is 22.9. The van der Waals surface area contributed by atoms with Gasteiger partial charge in [0.15, 0.2) is 11.0 Å². The number of hydrogen-bond donors (Lipinski definition) is 2. The van der Waals surface area contributed by atoms with Crippen molar-refractivity contribution in [1.82, 2.24) is 30.0 Å². The van der Waals surface area contributed by atoms with Crippen molar-refractivity contribution in [2.45, 2.75) is 67.8 Å². The Morgan fingerprint density at radius 1 is 1.02 bits per heavy atom. The number of nitrogens with zero attached hydrogens (tertiary/aromatic N) is 6. The molecule has 3 aliphatic rings. The second-order valence-electron chi connectivity index (χ2n) is 11.0. The molecule has 0 unspecified atom stereocenters. The first-order chi connectivity index (χ1) is 19.7. The van der Waals surface area contributed by atoms with Gasteiger partial charge in [-0.05, 0) is 55.3 Å². The number of alkyl halides is 3. The summed E-state index contributed by atoms with van der Waals surface area (Å²) < 4.78 is 38.8. The molecule has 218 valence electrons. The van der Waals surface area contributed by atoms with E-state index in [-0.39, 0.29) is 6.54 Å². The van der Waals surface area contributed by atoms with E-state index in [9.17, 15) is 18.0 Å². The number of fused-ring (bicyclic) bond motifs is 1. The number of hydrogen-bond acceptors (Lipinski definition) is 8. The number of rotatable bonds is 7. The molecule has 1 aromatic carbocycles. The van der Waals surface area contributed by atoms with E-state index in [0.717, 1.165) is 47.5 Å². The van der Waals surface area contributed by atoms with Crippen LogP contribution in [-0.2, 0) is 6.54 Å². The largest absolute Gasteiger partial charge is 0.406 e. The smallest absolute Gasteiger partial charge is 0.354 e. The quantitative estimate of drug-likeness (QED) is 0.357. The maximum Gasteiger partial charge on any atom is 0.406 e. The van der Waals surface area contributed by atoms with E-state index >= 15 is 0 Å². The molecule has 13 heteroatoms. The molecule has 0 bridgehead atoms. The molecule has 6 rings (SSSR count). The Labute approximate surface area is 240 Å². The van der Waals surface area contributed by atoms with Gasteiger partial charge in [0.1, 0.15) is 18.2 Å². The number of amides is 1. The molecule has 4 heterocycles. The molecule has 2 aliphatic heterocycles. The predicted octanol–water partition coefficient (Wildman–Crippen LogP) is 5.38. The van der Waals surface area contributed by atoms with Gasteiger partial charge in [-0.25, -0.2) is 9.97 Å². The number of halogens is 3. The van der Waals surface area contributed by atoms with Crippen molar-refractivity contribution in [2.24, 2.45) is 0 Å². The lowest BCUT2D eigenvalue weighted by Crippen LogP contribution is -2.51. The molecule has 2 N–H and O–H groups in total. The molecule has 0 radical (unpaired) electrons. The fourth-order valence-corrected chi connectivity index (χ4v) is 6.76. The Kier molecular flexibility index (Phi) is 7.82. The van der Waals surface area contributed by atoms with Gasteiger partial charge >= 0.3 is 6.18 Å². The Morgan fingerprint density at radius 3 is 2.51 bits per heavy atom. The van der Waals surface area contributed by atoms with Crippen molar-refractivity contribution in [1.29, 1.82) is 0 Å². The minimum Gasteiger partial charge on any atom is -0.354 e. The minimum atomic E-state index is -4.44. The molecule has 9 nitrogen and oxygen atoms in total. The van der Waals surface area contributed by atoms with Crippen LogP contribution in [0.2, 0.25) is 0 Å². The lowest BCUT2D eigenvalue weighted by atomic mass is 9.94. The summed E-state index contributed by atoms with van der Waals surface area (Å²) in [7, 11) is 0. The second kappa shape index (κ2) is 11.5. The predicted molar refractivity (Wildman–Crippen MR) is 151 cm³/mol. The Bertz CT molecular complexity index is 1400. The molecule has 1 amide bonds. The van der Waals surface area contributed by atoms with Crippen molar-refractivity contribution in [2.75, 3.05) is 42.9 Å². The van der Waals surface area contributed by atoms with E-state index in [1.807, 2.05) is 19.1 Å². The molecule has 0 atom stereocenters. The van der Waals surface area contributed by atoms with Gasteiger partial charge in [0.05, 0.1) is 0 Å². The summed E-state index contributed by atoms with van der Waals surface area (Å²) in [6.45, 7) is 4.31. The van der Waals surface area contributed by atoms with E-state index in [1.165, 1.54) is 43.9 Å². The molecule has 1 saturated carbocycles. The Balaban J connectivity index is 1.21. The van der Waals surface area contributed by atoms with Crippen molar-refractivity contribution in [3.63, 3.8) is 0 Å². The fraction of sp³-hybridized carbons (Fsp3) is 0.500. The highest BCUT2D eigenvalue weighted by atomic mass is 32.2. The number of anilines is 3. The third kappa shape index (κ3) is 6.61. The summed E-state index contributed by atoms with van der Waals surface area (Å²) in [5.41, 5.74) is 1.80. The molecular formula is C28H33F3N8OS. The van der Waals surface area contributed by atoms with Gasteiger partial charge in [0, 0.05) is 67.1 Å². The highest BCUT2D eigenvalue weighted by Crippen LogP contribution is 2.34. The van der Waals surface area contributed by atoms with Gasteiger partial charge in [-0.2, -0.15) is 18.3 Å². The standard InChI is InChI=1S/C28H33F3N8OS/c1-18-13-24(36-35-18)32-23-15-25(38-11-9-37(10-12-38)20-5-3-2-4-6-20)34-27(33-23)41-21-7-8-22-19(14-21)16-39(26(22)40)17-28(29,30)31/h7-8,13-15,20H,2-6,9-12,16-17H2,1H3,(H2,32,33,34,35,36). The number of aromatic nitrogens is 4. The topological polar surface area (TPSA) is 93.3 Å². The van der Waals surface area contributed by atoms with Crippen LogP contribution in [0.1, 0.15) is 53.7 Å². The monoisotopic (exact) mass is 586 g/mol. The maximum atomic E-state index is 12.9. The number of benzene rings is 1. The van der Waals surface area contributed by atoms with Gasteiger partial charge in [-0.1, -0.05) is 19.3 Å². The molecule has 2 fully saturated rings. The van der Waals surface area contributed by atoms with Crippen LogP contribution in [0.4, 0.5) is 30.6 Å². The lowest BCUT2D eigenvalue weighted by molar-refractivity contribution is -0.140. The molecule has 0 spiro atoms. The van der Waals surface area contributed by atoms with Crippen LogP contribution >= 0.6 is 11.8 Å². The third-order valence-electron chi connectivity index (χ3n) is 7.92. The Hall–Kier alpha value is -3.32. The van der Waals surface area contributed by atoms with Gasteiger partial charge in [-0.3, -0.25) is 14.8 Å². The van der Waals surface area contributed by atoms with E-state index in [0.29, 0.717) is 34.0 Å². The molecular weight excluding hydrogens is 553 g/mol. The SMILES string of the molecule is Cc1cc(Nc2cc(N3CCN(C4CCCCC4)CC3)nc(Sc3ccc4c(c3)CN(CC(F)(F)F)C4=O)n2)n[nH]1. The lowest BCUT2D eigenvalue weighted by Gasteiger charge is -2.41. The number of carbonyl (C=O) groups is 1. The summed E-state index contributed by atoms with van der Waals surface area (Å²) in [5.74, 6) is 1.46. The normalized spacial score (nSPS) is 18.7. The van der Waals surface area contributed by atoms with Crippen LogP contribution in [0.3, 0.4) is 0 Å². The summed E-state index contributed by atoms with van der Waals surface area (Å²) in [4.78, 5) is 28.5. The van der Waals surface area contributed by atoms with Gasteiger partial charge < -0.3 is 15.1 Å².